The van der Waals surface area contributed by atoms with Crippen LogP contribution in [0.25, 0.3) is 10.8 Å². The summed E-state index contributed by atoms with van der Waals surface area (Å²) in [6.45, 7) is 0.147. The lowest BCUT2D eigenvalue weighted by molar-refractivity contribution is 0.602. The van der Waals surface area contributed by atoms with Crippen molar-refractivity contribution in [2.45, 2.75) is 6.54 Å². The van der Waals surface area contributed by atoms with Crippen LogP contribution in [0.3, 0.4) is 0 Å². The Balaban J connectivity index is 2.15. The van der Waals surface area contributed by atoms with Gasteiger partial charge in [0.05, 0.1) is 12.2 Å². The molecule has 0 unspecified atom stereocenters. The highest BCUT2D eigenvalue weighted by atomic mass is 19.1. The Kier molecular flexibility index (Phi) is 2.95. The molecular weight excluding hydrogens is 257 g/mol. The SMILES string of the molecule is Nc1c(F)c(Cn2ccccc2=O)cc2ccncc12. The number of anilines is 1. The first-order chi connectivity index (χ1) is 9.66. The van der Waals surface area contributed by atoms with E-state index in [1.165, 1.54) is 16.8 Å². The van der Waals surface area contributed by atoms with Gasteiger partial charge in [0, 0.05) is 35.6 Å². The summed E-state index contributed by atoms with van der Waals surface area (Å²) in [4.78, 5) is 15.6. The summed E-state index contributed by atoms with van der Waals surface area (Å²) in [5.74, 6) is -0.499. The fourth-order valence-corrected chi connectivity index (χ4v) is 2.19. The summed E-state index contributed by atoms with van der Waals surface area (Å²) < 4.78 is 15.7. The van der Waals surface area contributed by atoms with E-state index in [1.54, 1.807) is 36.7 Å². The third kappa shape index (κ3) is 2.03. The molecule has 0 spiro atoms. The molecule has 0 amide bonds. The number of fused-ring (bicyclic) bond motifs is 1. The van der Waals surface area contributed by atoms with Gasteiger partial charge in [0.15, 0.2) is 5.82 Å². The van der Waals surface area contributed by atoms with Gasteiger partial charge in [-0.2, -0.15) is 0 Å². The third-order valence-electron chi connectivity index (χ3n) is 3.23. The van der Waals surface area contributed by atoms with E-state index in [9.17, 15) is 9.18 Å². The highest BCUT2D eigenvalue weighted by molar-refractivity contribution is 5.93. The van der Waals surface area contributed by atoms with E-state index in [0.29, 0.717) is 10.9 Å². The quantitative estimate of drug-likeness (QED) is 0.725. The molecule has 1 aromatic carbocycles. The predicted molar refractivity (Wildman–Crippen MR) is 75.9 cm³/mol. The molecular formula is C15H12FN3O. The van der Waals surface area contributed by atoms with Crippen molar-refractivity contribution < 1.29 is 4.39 Å². The second-order valence-corrected chi connectivity index (χ2v) is 4.53. The molecule has 0 fully saturated rings. The minimum Gasteiger partial charge on any atom is -0.396 e. The number of nitrogens with zero attached hydrogens (tertiary/aromatic N) is 2. The van der Waals surface area contributed by atoms with Gasteiger partial charge < -0.3 is 10.3 Å². The predicted octanol–water partition coefficient (Wildman–Crippen LogP) is 2.17. The van der Waals surface area contributed by atoms with Gasteiger partial charge in [-0.1, -0.05) is 6.07 Å². The van der Waals surface area contributed by atoms with Crippen molar-refractivity contribution in [2.24, 2.45) is 0 Å². The maximum absolute atomic E-state index is 14.3. The number of pyridine rings is 2. The van der Waals surface area contributed by atoms with Gasteiger partial charge in [0.1, 0.15) is 0 Å². The highest BCUT2D eigenvalue weighted by Crippen LogP contribution is 2.26. The van der Waals surface area contributed by atoms with Gasteiger partial charge in [0.25, 0.3) is 5.56 Å². The topological polar surface area (TPSA) is 60.9 Å². The number of halogens is 1. The molecule has 0 saturated carbocycles. The van der Waals surface area contributed by atoms with E-state index in [1.807, 2.05) is 0 Å². The molecule has 0 aliphatic heterocycles. The average molecular weight is 269 g/mol. The minimum atomic E-state index is -0.499. The van der Waals surface area contributed by atoms with E-state index >= 15 is 0 Å². The van der Waals surface area contributed by atoms with Gasteiger partial charge in [-0.05, 0) is 23.6 Å². The van der Waals surface area contributed by atoms with Crippen LogP contribution >= 0.6 is 0 Å². The number of benzene rings is 1. The Bertz CT molecular complexity index is 842. The first-order valence-corrected chi connectivity index (χ1v) is 6.13. The van der Waals surface area contributed by atoms with E-state index < -0.39 is 5.82 Å². The largest absolute Gasteiger partial charge is 0.396 e. The molecule has 0 aliphatic rings. The zero-order chi connectivity index (χ0) is 14.1. The molecule has 100 valence electrons. The zero-order valence-corrected chi connectivity index (χ0v) is 10.6. The Labute approximate surface area is 114 Å². The Hall–Kier alpha value is -2.69. The van der Waals surface area contributed by atoms with Crippen LogP contribution in [0.1, 0.15) is 5.56 Å². The van der Waals surface area contributed by atoms with Crippen molar-refractivity contribution in [2.75, 3.05) is 5.73 Å². The van der Waals surface area contributed by atoms with Crippen molar-refractivity contribution >= 4 is 16.5 Å². The highest BCUT2D eigenvalue weighted by Gasteiger charge is 2.11. The first kappa shape index (κ1) is 12.3. The molecule has 2 heterocycles. The van der Waals surface area contributed by atoms with Gasteiger partial charge in [0.2, 0.25) is 0 Å². The summed E-state index contributed by atoms with van der Waals surface area (Å²) in [5, 5.41) is 1.38. The van der Waals surface area contributed by atoms with Gasteiger partial charge >= 0.3 is 0 Å². The maximum atomic E-state index is 14.3. The summed E-state index contributed by atoms with van der Waals surface area (Å²) in [7, 11) is 0. The Morgan fingerprint density at radius 1 is 1.30 bits per heavy atom. The number of hydrogen-bond acceptors (Lipinski definition) is 3. The molecule has 0 saturated heterocycles. The molecule has 5 heteroatoms. The van der Waals surface area contributed by atoms with Gasteiger partial charge in [-0.15, -0.1) is 0 Å². The standard InChI is InChI=1S/C15H12FN3O/c16-14-11(9-19-6-2-1-3-13(19)20)7-10-4-5-18-8-12(10)15(14)17/h1-8H,9,17H2. The number of hydrogen-bond donors (Lipinski definition) is 1. The first-order valence-electron chi connectivity index (χ1n) is 6.13. The van der Waals surface area contributed by atoms with Crippen molar-refractivity contribution in [1.82, 2.24) is 9.55 Å². The van der Waals surface area contributed by atoms with Crippen LogP contribution in [0.15, 0.2) is 53.7 Å². The molecule has 20 heavy (non-hydrogen) atoms. The van der Waals surface area contributed by atoms with Gasteiger partial charge in [-0.25, -0.2) is 4.39 Å². The fourth-order valence-electron chi connectivity index (χ4n) is 2.19. The van der Waals surface area contributed by atoms with Crippen molar-refractivity contribution in [3.05, 3.63) is 70.7 Å². The van der Waals surface area contributed by atoms with E-state index in [-0.39, 0.29) is 17.8 Å². The second kappa shape index (κ2) is 4.77. The molecule has 0 atom stereocenters. The van der Waals surface area contributed by atoms with Crippen LogP contribution in [0, 0.1) is 5.82 Å². The fraction of sp³-hybridized carbons (Fsp3) is 0.0667. The van der Waals surface area contributed by atoms with Crippen LogP contribution in [0.5, 0.6) is 0 Å². The molecule has 3 rings (SSSR count). The number of aromatic nitrogens is 2. The van der Waals surface area contributed by atoms with Crippen LogP contribution in [0.4, 0.5) is 10.1 Å². The van der Waals surface area contributed by atoms with E-state index in [0.717, 1.165) is 5.39 Å². The molecule has 2 aromatic heterocycles. The number of nitrogen functional groups attached to an aromatic ring is 1. The molecule has 2 N–H and O–H groups in total. The van der Waals surface area contributed by atoms with E-state index in [4.69, 9.17) is 5.73 Å². The third-order valence-corrected chi connectivity index (χ3v) is 3.23. The van der Waals surface area contributed by atoms with E-state index in [2.05, 4.69) is 4.98 Å². The van der Waals surface area contributed by atoms with Crippen molar-refractivity contribution in [1.29, 1.82) is 0 Å². The normalized spacial score (nSPS) is 10.8. The van der Waals surface area contributed by atoms with Crippen LogP contribution in [0.2, 0.25) is 0 Å². The Morgan fingerprint density at radius 2 is 2.15 bits per heavy atom. The summed E-state index contributed by atoms with van der Waals surface area (Å²) in [6, 6.07) is 8.28. The average Bonchev–Trinajstić information content (AvgIpc) is 2.47. The summed E-state index contributed by atoms with van der Waals surface area (Å²) in [5.41, 5.74) is 6.08. The molecule has 3 aromatic rings. The molecule has 4 nitrogen and oxygen atoms in total. The van der Waals surface area contributed by atoms with Crippen LogP contribution in [-0.2, 0) is 6.54 Å². The Morgan fingerprint density at radius 3 is 2.95 bits per heavy atom. The summed E-state index contributed by atoms with van der Waals surface area (Å²) in [6.07, 6.45) is 4.78. The number of nitrogens with two attached hydrogens (primary N) is 1. The maximum Gasteiger partial charge on any atom is 0.250 e. The second-order valence-electron chi connectivity index (χ2n) is 4.53. The molecule has 0 radical (unpaired) electrons. The van der Waals surface area contributed by atoms with Crippen LogP contribution < -0.4 is 11.3 Å². The lowest BCUT2D eigenvalue weighted by Crippen LogP contribution is -2.19. The summed E-state index contributed by atoms with van der Waals surface area (Å²) >= 11 is 0. The zero-order valence-electron chi connectivity index (χ0n) is 10.6. The monoisotopic (exact) mass is 269 g/mol. The minimum absolute atomic E-state index is 0.0644. The molecule has 0 bridgehead atoms. The smallest absolute Gasteiger partial charge is 0.250 e. The lowest BCUT2D eigenvalue weighted by Gasteiger charge is -2.10. The lowest BCUT2D eigenvalue weighted by atomic mass is 10.1. The van der Waals surface area contributed by atoms with Crippen molar-refractivity contribution in [3.8, 4) is 0 Å². The molecule has 0 aliphatic carbocycles. The van der Waals surface area contributed by atoms with Gasteiger partial charge in [-0.3, -0.25) is 9.78 Å². The van der Waals surface area contributed by atoms with Crippen molar-refractivity contribution in [3.63, 3.8) is 0 Å². The van der Waals surface area contributed by atoms with Crippen LogP contribution in [-0.4, -0.2) is 9.55 Å². The number of rotatable bonds is 2.